The second kappa shape index (κ2) is 11.9. The molecule has 0 aliphatic carbocycles. The summed E-state index contributed by atoms with van der Waals surface area (Å²) in [5.74, 6) is 0.455. The number of hydrogen-bond acceptors (Lipinski definition) is 4. The first-order valence-electron chi connectivity index (χ1n) is 11.3. The average molecular weight is 453 g/mol. The van der Waals surface area contributed by atoms with Gasteiger partial charge in [0.15, 0.2) is 0 Å². The number of ether oxygens (including phenoxy) is 1. The summed E-state index contributed by atoms with van der Waals surface area (Å²) in [5.41, 5.74) is 2.34. The third-order valence-corrected chi connectivity index (χ3v) is 5.56. The van der Waals surface area contributed by atoms with Crippen LogP contribution < -0.4 is 20.7 Å². The number of nitrogens with one attached hydrogen (secondary N) is 3. The molecule has 3 N–H and O–H groups in total. The molecular formula is C25H32N4O4. The molecule has 8 heteroatoms. The van der Waals surface area contributed by atoms with Gasteiger partial charge < -0.3 is 25.6 Å². The number of carbonyl (C=O) groups excluding carboxylic acids is 3. The maximum absolute atomic E-state index is 12.6. The smallest absolute Gasteiger partial charge is 0.319 e. The predicted octanol–water partition coefficient (Wildman–Crippen LogP) is 3.18. The van der Waals surface area contributed by atoms with E-state index >= 15 is 0 Å². The molecule has 33 heavy (non-hydrogen) atoms. The van der Waals surface area contributed by atoms with Gasteiger partial charge in [-0.15, -0.1) is 0 Å². The van der Waals surface area contributed by atoms with Gasteiger partial charge >= 0.3 is 6.03 Å². The fraction of sp³-hybridized carbons (Fsp3) is 0.400. The lowest BCUT2D eigenvalue weighted by Crippen LogP contribution is -2.47. The van der Waals surface area contributed by atoms with Crippen LogP contribution in [0.15, 0.2) is 48.5 Å². The Balaban J connectivity index is 1.40. The van der Waals surface area contributed by atoms with E-state index in [4.69, 9.17) is 4.74 Å². The molecule has 1 heterocycles. The average Bonchev–Trinajstić information content (AvgIpc) is 2.83. The van der Waals surface area contributed by atoms with E-state index in [0.717, 1.165) is 24.1 Å². The molecule has 176 valence electrons. The molecule has 2 aromatic carbocycles. The first-order valence-corrected chi connectivity index (χ1v) is 11.3. The van der Waals surface area contributed by atoms with Crippen LogP contribution in [0.5, 0.6) is 5.75 Å². The van der Waals surface area contributed by atoms with Crippen molar-refractivity contribution in [3.8, 4) is 5.75 Å². The van der Waals surface area contributed by atoms with Crippen LogP contribution in [0.25, 0.3) is 0 Å². The fourth-order valence-corrected chi connectivity index (χ4v) is 3.75. The Bertz CT molecular complexity index is 944. The van der Waals surface area contributed by atoms with Crippen molar-refractivity contribution in [1.82, 2.24) is 15.5 Å². The third kappa shape index (κ3) is 7.52. The van der Waals surface area contributed by atoms with E-state index < -0.39 is 0 Å². The minimum Gasteiger partial charge on any atom is -0.494 e. The molecule has 1 unspecified atom stereocenters. The van der Waals surface area contributed by atoms with Crippen molar-refractivity contribution in [2.75, 3.05) is 38.1 Å². The Morgan fingerprint density at radius 3 is 2.45 bits per heavy atom. The van der Waals surface area contributed by atoms with Crippen molar-refractivity contribution in [1.29, 1.82) is 0 Å². The van der Waals surface area contributed by atoms with Crippen LogP contribution in [0.1, 0.15) is 35.7 Å². The summed E-state index contributed by atoms with van der Waals surface area (Å²) in [6.45, 7) is 6.09. The summed E-state index contributed by atoms with van der Waals surface area (Å²) in [5, 5.41) is 8.40. The van der Waals surface area contributed by atoms with Crippen molar-refractivity contribution in [2.45, 2.75) is 26.7 Å². The molecule has 0 bridgehead atoms. The van der Waals surface area contributed by atoms with Gasteiger partial charge in [0.2, 0.25) is 5.91 Å². The Morgan fingerprint density at radius 2 is 1.76 bits per heavy atom. The van der Waals surface area contributed by atoms with Gasteiger partial charge in [-0.05, 0) is 69.0 Å². The molecule has 4 amide bonds. The lowest BCUT2D eigenvalue weighted by atomic mass is 9.98. The molecule has 1 fully saturated rings. The normalized spacial score (nSPS) is 15.5. The zero-order valence-electron chi connectivity index (χ0n) is 19.2. The van der Waals surface area contributed by atoms with E-state index in [2.05, 4.69) is 16.0 Å². The first-order chi connectivity index (χ1) is 15.9. The number of hydrogen-bond donors (Lipinski definition) is 3. The quantitative estimate of drug-likeness (QED) is 0.573. The van der Waals surface area contributed by atoms with Crippen LogP contribution in [-0.4, -0.2) is 55.5 Å². The zero-order chi connectivity index (χ0) is 23.6. The largest absolute Gasteiger partial charge is 0.494 e. The molecule has 3 rings (SSSR count). The van der Waals surface area contributed by atoms with Crippen LogP contribution in [0.2, 0.25) is 0 Å². The number of urea groups is 1. The number of amides is 4. The Morgan fingerprint density at radius 1 is 1.03 bits per heavy atom. The van der Waals surface area contributed by atoms with Crippen molar-refractivity contribution in [3.63, 3.8) is 0 Å². The first kappa shape index (κ1) is 24.1. The topological polar surface area (TPSA) is 99.8 Å². The number of carbonyl (C=O) groups is 3. The Hall–Kier alpha value is -3.55. The molecule has 0 spiro atoms. The summed E-state index contributed by atoms with van der Waals surface area (Å²) in [4.78, 5) is 38.9. The van der Waals surface area contributed by atoms with E-state index in [1.165, 1.54) is 0 Å². The van der Waals surface area contributed by atoms with Crippen molar-refractivity contribution < 1.29 is 19.1 Å². The van der Waals surface area contributed by atoms with E-state index in [0.29, 0.717) is 37.6 Å². The molecule has 1 aliphatic rings. The molecule has 1 aliphatic heterocycles. The minimum atomic E-state index is -0.297. The molecule has 0 radical (unpaired) electrons. The lowest BCUT2D eigenvalue weighted by molar-refractivity contribution is -0.131. The zero-order valence-corrected chi connectivity index (χ0v) is 19.2. The Labute approximate surface area is 194 Å². The standard InChI is InChI=1S/C25H32N4O4/c1-3-33-22-12-8-20(9-13-22)24(31)26-16-23(30)29-14-4-5-19(17-29)15-27-25(32)28-21-10-6-18(2)7-11-21/h6-13,19H,3-5,14-17H2,1-2H3,(H,26,31)(H2,27,28,32). The third-order valence-electron chi connectivity index (χ3n) is 5.56. The number of likely N-dealkylation sites (tertiary alicyclic amines) is 1. The molecule has 2 aromatic rings. The summed E-state index contributed by atoms with van der Waals surface area (Å²) < 4.78 is 5.37. The summed E-state index contributed by atoms with van der Waals surface area (Å²) in [6.07, 6.45) is 1.80. The number of aryl methyl sites for hydroxylation is 1. The van der Waals surface area contributed by atoms with Gasteiger partial charge in [0, 0.05) is 30.9 Å². The number of rotatable bonds is 8. The maximum atomic E-state index is 12.6. The van der Waals surface area contributed by atoms with Gasteiger partial charge in [0.05, 0.1) is 13.2 Å². The van der Waals surface area contributed by atoms with E-state index in [1.807, 2.05) is 38.1 Å². The fourth-order valence-electron chi connectivity index (χ4n) is 3.75. The molecule has 1 atom stereocenters. The van der Waals surface area contributed by atoms with Gasteiger partial charge in [-0.3, -0.25) is 9.59 Å². The van der Waals surface area contributed by atoms with Gasteiger partial charge in [-0.2, -0.15) is 0 Å². The summed E-state index contributed by atoms with van der Waals surface area (Å²) >= 11 is 0. The number of nitrogens with zero attached hydrogens (tertiary/aromatic N) is 1. The van der Waals surface area contributed by atoms with Crippen molar-refractivity contribution in [3.05, 3.63) is 59.7 Å². The molecule has 0 aromatic heterocycles. The van der Waals surface area contributed by atoms with Crippen LogP contribution in [-0.2, 0) is 4.79 Å². The highest BCUT2D eigenvalue weighted by molar-refractivity contribution is 5.96. The lowest BCUT2D eigenvalue weighted by Gasteiger charge is -2.33. The highest BCUT2D eigenvalue weighted by atomic mass is 16.5. The van der Waals surface area contributed by atoms with Gasteiger partial charge in [-0.25, -0.2) is 4.79 Å². The second-order valence-corrected chi connectivity index (χ2v) is 8.19. The Kier molecular flexibility index (Phi) is 8.69. The molecule has 0 saturated carbocycles. The summed E-state index contributed by atoms with van der Waals surface area (Å²) in [7, 11) is 0. The van der Waals surface area contributed by atoms with Gasteiger partial charge in [-0.1, -0.05) is 17.7 Å². The molecular weight excluding hydrogens is 420 g/mol. The number of anilines is 1. The summed E-state index contributed by atoms with van der Waals surface area (Å²) in [6, 6.07) is 14.2. The van der Waals surface area contributed by atoms with Crippen molar-refractivity contribution >= 4 is 23.5 Å². The van der Waals surface area contributed by atoms with E-state index in [-0.39, 0.29) is 30.3 Å². The van der Waals surface area contributed by atoms with Gasteiger partial charge in [0.1, 0.15) is 5.75 Å². The minimum absolute atomic E-state index is 0.0555. The van der Waals surface area contributed by atoms with Crippen LogP contribution in [0, 0.1) is 12.8 Å². The molecule has 1 saturated heterocycles. The van der Waals surface area contributed by atoms with E-state index in [1.54, 1.807) is 29.2 Å². The van der Waals surface area contributed by atoms with Crippen LogP contribution in [0.4, 0.5) is 10.5 Å². The SMILES string of the molecule is CCOc1ccc(C(=O)NCC(=O)N2CCCC(CNC(=O)Nc3ccc(C)cc3)C2)cc1. The van der Waals surface area contributed by atoms with Gasteiger partial charge in [0.25, 0.3) is 5.91 Å². The number of benzene rings is 2. The van der Waals surface area contributed by atoms with Crippen LogP contribution in [0.3, 0.4) is 0 Å². The highest BCUT2D eigenvalue weighted by Crippen LogP contribution is 2.16. The van der Waals surface area contributed by atoms with Crippen molar-refractivity contribution in [2.24, 2.45) is 5.92 Å². The maximum Gasteiger partial charge on any atom is 0.319 e. The molecule has 8 nitrogen and oxygen atoms in total. The number of piperidine rings is 1. The highest BCUT2D eigenvalue weighted by Gasteiger charge is 2.24. The predicted molar refractivity (Wildman–Crippen MR) is 127 cm³/mol. The monoisotopic (exact) mass is 452 g/mol. The second-order valence-electron chi connectivity index (χ2n) is 8.19. The van der Waals surface area contributed by atoms with E-state index in [9.17, 15) is 14.4 Å². The van der Waals surface area contributed by atoms with Crippen LogP contribution >= 0.6 is 0 Å².